The Morgan fingerprint density at radius 3 is 2.50 bits per heavy atom. The lowest BCUT2D eigenvalue weighted by molar-refractivity contribution is -0.144. The highest BCUT2D eigenvalue weighted by atomic mass is 32.2. The first kappa shape index (κ1) is 16.9. The number of rotatable bonds is 8. The van der Waals surface area contributed by atoms with Crippen molar-refractivity contribution in [2.75, 3.05) is 29.6 Å². The SMILES string of the molecule is CCOC(=O)[C@H](C)N(CCSCC)c1ccc(C)cc1. The number of carbonyl (C=O) groups is 1. The van der Waals surface area contributed by atoms with E-state index in [2.05, 4.69) is 43.0 Å². The monoisotopic (exact) mass is 295 g/mol. The molecule has 0 aliphatic carbocycles. The summed E-state index contributed by atoms with van der Waals surface area (Å²) in [6, 6.07) is 8.04. The molecule has 0 fully saturated rings. The maximum absolute atomic E-state index is 12.0. The lowest BCUT2D eigenvalue weighted by atomic mass is 10.2. The number of aryl methyl sites for hydroxylation is 1. The van der Waals surface area contributed by atoms with Gasteiger partial charge in [-0.2, -0.15) is 11.8 Å². The number of anilines is 1. The Hall–Kier alpha value is -1.16. The standard InChI is InChI=1S/C16H25NO2S/c1-5-19-16(18)14(4)17(11-12-20-6-2)15-9-7-13(3)8-10-15/h7-10,14H,5-6,11-12H2,1-4H3/t14-/m0/s1. The predicted molar refractivity (Wildman–Crippen MR) is 87.6 cm³/mol. The van der Waals surface area contributed by atoms with Crippen molar-refractivity contribution >= 4 is 23.4 Å². The van der Waals surface area contributed by atoms with Crippen LogP contribution in [-0.4, -0.2) is 36.7 Å². The van der Waals surface area contributed by atoms with Crippen LogP contribution in [0.25, 0.3) is 0 Å². The Bertz CT molecular complexity index is 405. The van der Waals surface area contributed by atoms with Crippen LogP contribution < -0.4 is 4.90 Å². The highest BCUT2D eigenvalue weighted by Gasteiger charge is 2.22. The molecule has 0 saturated heterocycles. The van der Waals surface area contributed by atoms with E-state index in [9.17, 15) is 4.79 Å². The molecule has 0 unspecified atom stereocenters. The molecule has 0 aromatic heterocycles. The Morgan fingerprint density at radius 2 is 1.95 bits per heavy atom. The third kappa shape index (κ3) is 5.08. The van der Waals surface area contributed by atoms with Gasteiger partial charge in [0.05, 0.1) is 6.61 Å². The number of hydrogen-bond acceptors (Lipinski definition) is 4. The largest absolute Gasteiger partial charge is 0.464 e. The lowest BCUT2D eigenvalue weighted by Crippen LogP contribution is -2.41. The predicted octanol–water partition coefficient (Wildman–Crippen LogP) is 3.51. The third-order valence-electron chi connectivity index (χ3n) is 3.14. The number of nitrogens with zero attached hydrogens (tertiary/aromatic N) is 1. The Morgan fingerprint density at radius 1 is 1.30 bits per heavy atom. The Balaban J connectivity index is 2.83. The topological polar surface area (TPSA) is 29.5 Å². The molecule has 0 radical (unpaired) electrons. The first-order valence-corrected chi connectivity index (χ1v) is 8.33. The van der Waals surface area contributed by atoms with Crippen molar-refractivity contribution in [1.82, 2.24) is 0 Å². The number of thioether (sulfide) groups is 1. The summed E-state index contributed by atoms with van der Waals surface area (Å²) in [6.07, 6.45) is 0. The molecule has 20 heavy (non-hydrogen) atoms. The fourth-order valence-corrected chi connectivity index (χ4v) is 2.59. The average Bonchev–Trinajstić information content (AvgIpc) is 2.44. The van der Waals surface area contributed by atoms with Crippen molar-refractivity contribution in [1.29, 1.82) is 0 Å². The van der Waals surface area contributed by atoms with Crippen molar-refractivity contribution in [3.8, 4) is 0 Å². The molecule has 0 bridgehead atoms. The molecule has 1 rings (SSSR count). The highest BCUT2D eigenvalue weighted by molar-refractivity contribution is 7.99. The molecule has 1 aromatic rings. The minimum Gasteiger partial charge on any atom is -0.464 e. The number of hydrogen-bond donors (Lipinski definition) is 0. The van der Waals surface area contributed by atoms with Crippen LogP contribution in [-0.2, 0) is 9.53 Å². The van der Waals surface area contributed by atoms with Crippen LogP contribution in [0, 0.1) is 6.92 Å². The fourth-order valence-electron chi connectivity index (χ4n) is 1.98. The minimum absolute atomic E-state index is 0.158. The van der Waals surface area contributed by atoms with Crippen LogP contribution in [0.15, 0.2) is 24.3 Å². The second kappa shape index (κ2) is 8.90. The summed E-state index contributed by atoms with van der Waals surface area (Å²) in [7, 11) is 0. The summed E-state index contributed by atoms with van der Waals surface area (Å²) >= 11 is 1.88. The van der Waals surface area contributed by atoms with Crippen LogP contribution in [0.4, 0.5) is 5.69 Å². The average molecular weight is 295 g/mol. The molecular formula is C16H25NO2S. The van der Waals surface area contributed by atoms with Gasteiger partial charge >= 0.3 is 5.97 Å². The normalized spacial score (nSPS) is 12.0. The number of esters is 1. The van der Waals surface area contributed by atoms with E-state index in [-0.39, 0.29) is 12.0 Å². The maximum atomic E-state index is 12.0. The van der Waals surface area contributed by atoms with E-state index in [0.29, 0.717) is 6.61 Å². The summed E-state index contributed by atoms with van der Waals surface area (Å²) in [5.41, 5.74) is 2.30. The zero-order valence-corrected chi connectivity index (χ0v) is 13.7. The van der Waals surface area contributed by atoms with Crippen molar-refractivity contribution in [2.24, 2.45) is 0 Å². The molecule has 1 aromatic carbocycles. The van der Waals surface area contributed by atoms with Crippen molar-refractivity contribution in [3.05, 3.63) is 29.8 Å². The van der Waals surface area contributed by atoms with Gasteiger partial charge in [-0.05, 0) is 38.7 Å². The second-order valence-corrected chi connectivity index (χ2v) is 6.05. The Kier molecular flexibility index (Phi) is 7.52. The molecule has 0 saturated carbocycles. The van der Waals surface area contributed by atoms with E-state index in [0.717, 1.165) is 23.7 Å². The molecule has 3 nitrogen and oxygen atoms in total. The summed E-state index contributed by atoms with van der Waals surface area (Å²) in [4.78, 5) is 14.1. The summed E-state index contributed by atoms with van der Waals surface area (Å²) in [6.45, 7) is 9.24. The van der Waals surface area contributed by atoms with Crippen molar-refractivity contribution in [3.63, 3.8) is 0 Å². The van der Waals surface area contributed by atoms with Crippen molar-refractivity contribution < 1.29 is 9.53 Å². The first-order valence-electron chi connectivity index (χ1n) is 7.17. The highest BCUT2D eigenvalue weighted by Crippen LogP contribution is 2.19. The van der Waals surface area contributed by atoms with E-state index < -0.39 is 0 Å². The van der Waals surface area contributed by atoms with Gasteiger partial charge in [-0.15, -0.1) is 0 Å². The zero-order chi connectivity index (χ0) is 15.0. The minimum atomic E-state index is -0.255. The number of ether oxygens (including phenoxy) is 1. The zero-order valence-electron chi connectivity index (χ0n) is 12.9. The maximum Gasteiger partial charge on any atom is 0.328 e. The van der Waals surface area contributed by atoms with Gasteiger partial charge in [0.2, 0.25) is 0 Å². The van der Waals surface area contributed by atoms with Gasteiger partial charge in [-0.3, -0.25) is 0 Å². The molecule has 0 amide bonds. The van der Waals surface area contributed by atoms with Crippen LogP contribution in [0.5, 0.6) is 0 Å². The van der Waals surface area contributed by atoms with Gasteiger partial charge in [0.25, 0.3) is 0 Å². The smallest absolute Gasteiger partial charge is 0.328 e. The van der Waals surface area contributed by atoms with Crippen LogP contribution in [0.1, 0.15) is 26.3 Å². The van der Waals surface area contributed by atoms with Crippen molar-refractivity contribution in [2.45, 2.75) is 33.7 Å². The van der Waals surface area contributed by atoms with E-state index in [1.54, 1.807) is 0 Å². The van der Waals surface area contributed by atoms with Gasteiger partial charge in [-0.1, -0.05) is 24.6 Å². The summed E-state index contributed by atoms with van der Waals surface area (Å²) < 4.78 is 5.15. The first-order chi connectivity index (χ1) is 9.60. The lowest BCUT2D eigenvalue weighted by Gasteiger charge is -2.29. The molecule has 0 N–H and O–H groups in total. The second-order valence-electron chi connectivity index (χ2n) is 4.65. The summed E-state index contributed by atoms with van der Waals surface area (Å²) in [5, 5.41) is 0. The molecule has 1 atom stereocenters. The van der Waals surface area contributed by atoms with Gasteiger partial charge in [0.1, 0.15) is 6.04 Å². The molecule has 0 aliphatic heterocycles. The fraction of sp³-hybridized carbons (Fsp3) is 0.562. The molecule has 0 aliphatic rings. The van der Waals surface area contributed by atoms with Gasteiger partial charge in [-0.25, -0.2) is 4.79 Å². The molecule has 4 heteroatoms. The van der Waals surface area contributed by atoms with Crippen LogP contribution in [0.2, 0.25) is 0 Å². The Labute approximate surface area is 126 Å². The summed E-state index contributed by atoms with van der Waals surface area (Å²) in [5.74, 6) is 1.94. The molecule has 0 heterocycles. The van der Waals surface area contributed by atoms with Gasteiger partial charge < -0.3 is 9.64 Å². The molecular weight excluding hydrogens is 270 g/mol. The van der Waals surface area contributed by atoms with Gasteiger partial charge in [0, 0.05) is 18.0 Å². The van der Waals surface area contributed by atoms with Gasteiger partial charge in [0.15, 0.2) is 0 Å². The third-order valence-corrected chi connectivity index (χ3v) is 4.02. The van der Waals surface area contributed by atoms with E-state index >= 15 is 0 Å². The number of carbonyl (C=O) groups excluding carboxylic acids is 1. The van der Waals surface area contributed by atoms with Crippen LogP contribution in [0.3, 0.4) is 0 Å². The van der Waals surface area contributed by atoms with Crippen LogP contribution >= 0.6 is 11.8 Å². The van der Waals surface area contributed by atoms with E-state index in [4.69, 9.17) is 4.74 Å². The quantitative estimate of drug-likeness (QED) is 0.542. The molecule has 0 spiro atoms. The molecule has 112 valence electrons. The number of benzene rings is 1. The van der Waals surface area contributed by atoms with E-state index in [1.165, 1.54) is 5.56 Å². The van der Waals surface area contributed by atoms with E-state index in [1.807, 2.05) is 25.6 Å².